The quantitative estimate of drug-likeness (QED) is 0.839. The Morgan fingerprint density at radius 1 is 1.40 bits per heavy atom. The summed E-state index contributed by atoms with van der Waals surface area (Å²) in [6.45, 7) is 0. The second-order valence-electron chi connectivity index (χ2n) is 4.83. The van der Waals surface area contributed by atoms with Crippen molar-refractivity contribution in [2.45, 2.75) is 42.8 Å². The predicted octanol–water partition coefficient (Wildman–Crippen LogP) is 4.32. The molecule has 2 atom stereocenters. The first-order valence-corrected chi connectivity index (χ1v) is 8.53. The maximum absolute atomic E-state index is 13.0. The Morgan fingerprint density at radius 3 is 2.75 bits per heavy atom. The molecule has 0 radical (unpaired) electrons. The maximum Gasteiger partial charge on any atom is 0.393 e. The van der Waals surface area contributed by atoms with Gasteiger partial charge in [-0.2, -0.15) is 13.2 Å². The molecule has 1 N–H and O–H groups in total. The molecule has 2 rings (SSSR count). The van der Waals surface area contributed by atoms with Crippen molar-refractivity contribution in [1.29, 1.82) is 0 Å². The number of thioether (sulfide) groups is 1. The minimum absolute atomic E-state index is 0.105. The van der Waals surface area contributed by atoms with Gasteiger partial charge in [-0.1, -0.05) is 12.8 Å². The Morgan fingerprint density at radius 2 is 2.10 bits per heavy atom. The van der Waals surface area contributed by atoms with Crippen molar-refractivity contribution >= 4 is 29.0 Å². The molecule has 112 valence electrons. The summed E-state index contributed by atoms with van der Waals surface area (Å²) < 4.78 is 38.9. The van der Waals surface area contributed by atoms with Gasteiger partial charge in [-0.25, -0.2) is 0 Å². The van der Waals surface area contributed by atoms with Gasteiger partial charge in [0.1, 0.15) is 4.88 Å². The zero-order valence-electron chi connectivity index (χ0n) is 11.0. The van der Waals surface area contributed by atoms with Crippen LogP contribution >= 0.6 is 23.1 Å². The molecule has 0 aromatic carbocycles. The van der Waals surface area contributed by atoms with Crippen LogP contribution in [0.25, 0.3) is 0 Å². The zero-order valence-corrected chi connectivity index (χ0v) is 12.6. The normalized spacial score (nSPS) is 23.6. The summed E-state index contributed by atoms with van der Waals surface area (Å²) in [5.74, 6) is -1.80. The van der Waals surface area contributed by atoms with E-state index >= 15 is 0 Å². The molecule has 7 heteroatoms. The molecule has 1 aromatic rings. The van der Waals surface area contributed by atoms with E-state index in [9.17, 15) is 18.0 Å². The van der Waals surface area contributed by atoms with Crippen molar-refractivity contribution in [1.82, 2.24) is 5.32 Å². The summed E-state index contributed by atoms with van der Waals surface area (Å²) in [4.78, 5) is 13.5. The summed E-state index contributed by atoms with van der Waals surface area (Å²) in [6.07, 6.45) is -0.582. The van der Waals surface area contributed by atoms with Crippen LogP contribution in [0.5, 0.6) is 0 Å². The summed E-state index contributed by atoms with van der Waals surface area (Å²) in [5.41, 5.74) is 0. The van der Waals surface area contributed by atoms with E-state index in [4.69, 9.17) is 0 Å². The highest BCUT2D eigenvalue weighted by molar-refractivity contribution is 7.98. The lowest BCUT2D eigenvalue weighted by molar-refractivity contribution is -0.187. The van der Waals surface area contributed by atoms with Crippen molar-refractivity contribution < 1.29 is 18.0 Å². The number of carbonyl (C=O) groups is 1. The maximum atomic E-state index is 13.0. The summed E-state index contributed by atoms with van der Waals surface area (Å²) in [5, 5.41) is 4.37. The Balaban J connectivity index is 2.09. The number of thiophene rings is 1. The fourth-order valence-electron chi connectivity index (χ4n) is 2.55. The van der Waals surface area contributed by atoms with Crippen molar-refractivity contribution in [3.8, 4) is 0 Å². The Hall–Kier alpha value is -0.690. The molecule has 2 unspecified atom stereocenters. The standard InChI is InChI=1S/C13H16F3NOS2/c1-19-10-6-7-20-11(10)12(18)17-9-5-3-2-4-8(9)13(14,15)16/h6-9H,2-5H2,1H3,(H,17,18). The molecule has 0 aliphatic heterocycles. The molecule has 1 heterocycles. The van der Waals surface area contributed by atoms with Gasteiger partial charge in [0.15, 0.2) is 0 Å². The zero-order chi connectivity index (χ0) is 14.8. The lowest BCUT2D eigenvalue weighted by Crippen LogP contribution is -2.47. The number of amides is 1. The van der Waals surface area contributed by atoms with Crippen LogP contribution in [0.4, 0.5) is 13.2 Å². The van der Waals surface area contributed by atoms with E-state index in [1.807, 2.05) is 12.3 Å². The lowest BCUT2D eigenvalue weighted by atomic mass is 9.84. The first-order chi connectivity index (χ1) is 9.43. The van der Waals surface area contributed by atoms with Gasteiger partial charge in [0.25, 0.3) is 5.91 Å². The van der Waals surface area contributed by atoms with Crippen LogP contribution in [-0.4, -0.2) is 24.4 Å². The molecule has 20 heavy (non-hydrogen) atoms. The smallest absolute Gasteiger partial charge is 0.348 e. The molecule has 1 amide bonds. The molecular weight excluding hydrogens is 307 g/mol. The molecule has 0 spiro atoms. The number of carbonyl (C=O) groups excluding carboxylic acids is 1. The van der Waals surface area contributed by atoms with Crippen LogP contribution in [-0.2, 0) is 0 Å². The highest BCUT2D eigenvalue weighted by Crippen LogP contribution is 2.38. The first kappa shape index (κ1) is 15.7. The van der Waals surface area contributed by atoms with Crippen LogP contribution < -0.4 is 5.32 Å². The average molecular weight is 323 g/mol. The average Bonchev–Trinajstić information content (AvgIpc) is 2.86. The van der Waals surface area contributed by atoms with Gasteiger partial charge in [0.05, 0.1) is 5.92 Å². The summed E-state index contributed by atoms with van der Waals surface area (Å²) >= 11 is 2.69. The molecule has 1 aliphatic carbocycles. The molecule has 2 nitrogen and oxygen atoms in total. The van der Waals surface area contributed by atoms with Crippen LogP contribution in [0.15, 0.2) is 16.3 Å². The van der Waals surface area contributed by atoms with Gasteiger partial charge in [0.2, 0.25) is 0 Å². The highest BCUT2D eigenvalue weighted by atomic mass is 32.2. The van der Waals surface area contributed by atoms with Crippen LogP contribution in [0.2, 0.25) is 0 Å². The van der Waals surface area contributed by atoms with Crippen LogP contribution in [0.1, 0.15) is 35.4 Å². The van der Waals surface area contributed by atoms with E-state index in [0.717, 1.165) is 11.3 Å². The Bertz CT molecular complexity index is 472. The number of hydrogen-bond acceptors (Lipinski definition) is 3. The van der Waals surface area contributed by atoms with Crippen molar-refractivity contribution in [3.05, 3.63) is 16.3 Å². The number of nitrogens with one attached hydrogen (secondary N) is 1. The van der Waals surface area contributed by atoms with Gasteiger partial charge in [-0.3, -0.25) is 4.79 Å². The molecular formula is C13H16F3NOS2. The Kier molecular flexibility index (Phi) is 5.01. The third kappa shape index (κ3) is 3.49. The van der Waals surface area contributed by atoms with Crippen molar-refractivity contribution in [3.63, 3.8) is 0 Å². The lowest BCUT2D eigenvalue weighted by Gasteiger charge is -2.33. The summed E-state index contributed by atoms with van der Waals surface area (Å²) in [6, 6.07) is 1.01. The topological polar surface area (TPSA) is 29.1 Å². The minimum Gasteiger partial charge on any atom is -0.348 e. The number of hydrogen-bond donors (Lipinski definition) is 1. The molecule has 0 bridgehead atoms. The van der Waals surface area contributed by atoms with E-state index in [1.165, 1.54) is 23.1 Å². The van der Waals surface area contributed by atoms with E-state index in [0.29, 0.717) is 17.7 Å². The van der Waals surface area contributed by atoms with Gasteiger partial charge in [0, 0.05) is 10.9 Å². The van der Waals surface area contributed by atoms with Gasteiger partial charge in [-0.15, -0.1) is 23.1 Å². The fraction of sp³-hybridized carbons (Fsp3) is 0.615. The third-order valence-electron chi connectivity index (χ3n) is 3.56. The fourth-order valence-corrected chi connectivity index (χ4v) is 4.21. The van der Waals surface area contributed by atoms with Gasteiger partial charge < -0.3 is 5.32 Å². The SMILES string of the molecule is CSc1ccsc1C(=O)NC1CCCCC1C(F)(F)F. The molecule has 0 saturated heterocycles. The van der Waals surface area contributed by atoms with E-state index in [2.05, 4.69) is 5.32 Å². The van der Waals surface area contributed by atoms with Gasteiger partial charge >= 0.3 is 6.18 Å². The van der Waals surface area contributed by atoms with Crippen LogP contribution in [0, 0.1) is 5.92 Å². The molecule has 1 aliphatic rings. The second-order valence-corrected chi connectivity index (χ2v) is 6.59. The largest absolute Gasteiger partial charge is 0.393 e. The summed E-state index contributed by atoms with van der Waals surface area (Å²) in [7, 11) is 0. The van der Waals surface area contributed by atoms with Crippen molar-refractivity contribution in [2.75, 3.05) is 6.26 Å². The van der Waals surface area contributed by atoms with Crippen molar-refractivity contribution in [2.24, 2.45) is 5.92 Å². The number of alkyl halides is 3. The number of rotatable bonds is 3. The molecule has 1 fully saturated rings. The van der Waals surface area contributed by atoms with E-state index in [-0.39, 0.29) is 12.3 Å². The first-order valence-electron chi connectivity index (χ1n) is 6.42. The second kappa shape index (κ2) is 6.39. The number of halogens is 3. The Labute approximate surface area is 124 Å². The predicted molar refractivity (Wildman–Crippen MR) is 75.4 cm³/mol. The monoisotopic (exact) mass is 323 g/mol. The molecule has 1 saturated carbocycles. The molecule has 1 aromatic heterocycles. The van der Waals surface area contributed by atoms with E-state index in [1.54, 1.807) is 5.38 Å². The van der Waals surface area contributed by atoms with E-state index < -0.39 is 18.1 Å². The van der Waals surface area contributed by atoms with Crippen LogP contribution in [0.3, 0.4) is 0 Å². The van der Waals surface area contributed by atoms with Gasteiger partial charge in [-0.05, 0) is 30.5 Å². The minimum atomic E-state index is -4.24. The third-order valence-corrected chi connectivity index (χ3v) is 5.38. The highest BCUT2D eigenvalue weighted by Gasteiger charge is 2.46.